The van der Waals surface area contributed by atoms with Crippen molar-refractivity contribution in [1.29, 1.82) is 0 Å². The Morgan fingerprint density at radius 3 is 2.14 bits per heavy atom. The van der Waals surface area contributed by atoms with Gasteiger partial charge < -0.3 is 5.11 Å². The number of halogens is 1. The van der Waals surface area contributed by atoms with Crippen molar-refractivity contribution < 1.29 is 9.94 Å². The van der Waals surface area contributed by atoms with Crippen LogP contribution in [0.3, 0.4) is 0 Å². The summed E-state index contributed by atoms with van der Waals surface area (Å²) in [4.78, 5) is 6.24. The Bertz CT molecular complexity index is 454. The van der Waals surface area contributed by atoms with Crippen LogP contribution < -0.4 is 0 Å². The molecule has 1 heterocycles. The van der Waals surface area contributed by atoms with E-state index in [2.05, 4.69) is 32.8 Å². The number of rotatable bonds is 4. The molecule has 1 saturated heterocycles. The van der Waals surface area contributed by atoms with Gasteiger partial charge in [0.05, 0.1) is 6.61 Å². The minimum Gasteiger partial charge on any atom is -0.393 e. The van der Waals surface area contributed by atoms with Gasteiger partial charge in [-0.1, -0.05) is 23.7 Å². The summed E-state index contributed by atoms with van der Waals surface area (Å²) in [5.41, 5.74) is 0.863. The van der Waals surface area contributed by atoms with Crippen LogP contribution in [0.2, 0.25) is 5.02 Å². The molecule has 1 atom stereocenters. The Hall–Kier alpha value is -0.610. The Balaban J connectivity index is 2.21. The first-order valence-electron chi connectivity index (χ1n) is 7.60. The Kier molecular flexibility index (Phi) is 4.99. The quantitative estimate of drug-likeness (QED) is 0.897. The van der Waals surface area contributed by atoms with Gasteiger partial charge in [0.1, 0.15) is 6.10 Å². The first-order valence-corrected chi connectivity index (χ1v) is 7.97. The molecule has 1 aliphatic heterocycles. The van der Waals surface area contributed by atoms with E-state index in [-0.39, 0.29) is 23.8 Å². The highest BCUT2D eigenvalue weighted by Gasteiger charge is 2.43. The van der Waals surface area contributed by atoms with Crippen LogP contribution >= 0.6 is 11.6 Å². The third kappa shape index (κ3) is 3.78. The highest BCUT2D eigenvalue weighted by molar-refractivity contribution is 6.30. The van der Waals surface area contributed by atoms with E-state index in [1.54, 1.807) is 0 Å². The van der Waals surface area contributed by atoms with Gasteiger partial charge in [0, 0.05) is 16.1 Å². The molecule has 118 valence electrons. The Morgan fingerprint density at radius 1 is 1.14 bits per heavy atom. The van der Waals surface area contributed by atoms with Gasteiger partial charge in [0.25, 0.3) is 0 Å². The van der Waals surface area contributed by atoms with Crippen molar-refractivity contribution in [3.05, 3.63) is 34.9 Å². The molecule has 1 fully saturated rings. The highest BCUT2D eigenvalue weighted by atomic mass is 35.5. The van der Waals surface area contributed by atoms with Gasteiger partial charge in [-0.25, -0.2) is 0 Å². The normalized spacial score (nSPS) is 23.0. The molecule has 1 aromatic carbocycles. The molecule has 0 amide bonds. The first-order chi connectivity index (χ1) is 9.76. The lowest BCUT2D eigenvalue weighted by atomic mass is 9.82. The van der Waals surface area contributed by atoms with Gasteiger partial charge in [-0.05, 0) is 64.7 Å². The summed E-state index contributed by atoms with van der Waals surface area (Å²) < 4.78 is 0. The minimum atomic E-state index is -0.362. The predicted octanol–water partition coefficient (Wildman–Crippen LogP) is 4.35. The third-order valence-electron chi connectivity index (χ3n) is 4.32. The second kappa shape index (κ2) is 6.25. The fourth-order valence-electron chi connectivity index (χ4n) is 3.27. The van der Waals surface area contributed by atoms with Gasteiger partial charge in [-0.15, -0.1) is 0 Å². The topological polar surface area (TPSA) is 32.7 Å². The van der Waals surface area contributed by atoms with Crippen molar-refractivity contribution in [3.63, 3.8) is 0 Å². The maximum absolute atomic E-state index is 9.74. The summed E-state index contributed by atoms with van der Waals surface area (Å²) in [6.45, 7) is 8.74. The fourth-order valence-corrected chi connectivity index (χ4v) is 3.39. The van der Waals surface area contributed by atoms with Gasteiger partial charge in [-0.3, -0.25) is 4.84 Å². The van der Waals surface area contributed by atoms with E-state index >= 15 is 0 Å². The highest BCUT2D eigenvalue weighted by Crippen LogP contribution is 2.40. The zero-order valence-electron chi connectivity index (χ0n) is 13.4. The maximum Gasteiger partial charge on any atom is 0.127 e. The van der Waals surface area contributed by atoms with E-state index in [4.69, 9.17) is 16.4 Å². The molecule has 1 N–H and O–H groups in total. The third-order valence-corrected chi connectivity index (χ3v) is 4.57. The van der Waals surface area contributed by atoms with Gasteiger partial charge >= 0.3 is 0 Å². The molecular formula is C17H26ClNO2. The second-order valence-electron chi connectivity index (χ2n) is 7.10. The molecule has 0 bridgehead atoms. The van der Waals surface area contributed by atoms with Crippen molar-refractivity contribution >= 4 is 11.6 Å². The molecule has 3 nitrogen and oxygen atoms in total. The summed E-state index contributed by atoms with van der Waals surface area (Å²) >= 11 is 5.93. The first kappa shape index (κ1) is 16.8. The second-order valence-corrected chi connectivity index (χ2v) is 7.54. The summed E-state index contributed by atoms with van der Waals surface area (Å²) in [7, 11) is 0. The maximum atomic E-state index is 9.74. The van der Waals surface area contributed by atoms with Crippen molar-refractivity contribution in [2.75, 3.05) is 6.61 Å². The van der Waals surface area contributed by atoms with Gasteiger partial charge in [0.15, 0.2) is 0 Å². The summed E-state index contributed by atoms with van der Waals surface area (Å²) in [5, 5.41) is 12.5. The molecule has 0 spiro atoms. The van der Waals surface area contributed by atoms with Gasteiger partial charge in [0.2, 0.25) is 0 Å². The molecule has 2 rings (SSSR count). The van der Waals surface area contributed by atoms with E-state index in [1.807, 2.05) is 24.3 Å². The number of piperidine rings is 1. The van der Waals surface area contributed by atoms with E-state index < -0.39 is 0 Å². The lowest BCUT2D eigenvalue weighted by molar-refractivity contribution is -0.311. The molecule has 21 heavy (non-hydrogen) atoms. The summed E-state index contributed by atoms with van der Waals surface area (Å²) in [5.74, 6) is 0. The molecule has 0 saturated carbocycles. The Labute approximate surface area is 132 Å². The number of hydrogen-bond acceptors (Lipinski definition) is 3. The monoisotopic (exact) mass is 311 g/mol. The van der Waals surface area contributed by atoms with E-state index in [1.165, 1.54) is 6.42 Å². The number of hydrogen-bond donors (Lipinski definition) is 1. The number of benzene rings is 1. The van der Waals surface area contributed by atoms with Crippen molar-refractivity contribution in [1.82, 2.24) is 5.06 Å². The van der Waals surface area contributed by atoms with Crippen LogP contribution in [0.25, 0.3) is 0 Å². The number of aliphatic hydroxyl groups is 1. The minimum absolute atomic E-state index is 0.0401. The molecular weight excluding hydrogens is 286 g/mol. The standard InChI is InChI=1S/C17H26ClNO2/c1-16(2)10-5-11-17(3,4)19(16)21-15(12-20)13-6-8-14(18)9-7-13/h6-9,15,20H,5,10-12H2,1-4H3/t15-/m1/s1. The lowest BCUT2D eigenvalue weighted by Gasteiger charge is -2.52. The van der Waals surface area contributed by atoms with Crippen LogP contribution in [0.1, 0.15) is 58.6 Å². The van der Waals surface area contributed by atoms with E-state index in [0.717, 1.165) is 18.4 Å². The predicted molar refractivity (Wildman–Crippen MR) is 86.2 cm³/mol. The number of hydroxylamine groups is 2. The SMILES string of the molecule is CC1(C)CCCC(C)(C)N1O[C@H](CO)c1ccc(Cl)cc1. The molecule has 1 aliphatic rings. The van der Waals surface area contributed by atoms with Crippen LogP contribution in [-0.2, 0) is 4.84 Å². The largest absolute Gasteiger partial charge is 0.393 e. The molecule has 0 radical (unpaired) electrons. The van der Waals surface area contributed by atoms with Gasteiger partial charge in [-0.2, -0.15) is 5.06 Å². The average Bonchev–Trinajstić information content (AvgIpc) is 2.39. The van der Waals surface area contributed by atoms with Crippen molar-refractivity contribution in [3.8, 4) is 0 Å². The lowest BCUT2D eigenvalue weighted by Crippen LogP contribution is -2.58. The van der Waals surface area contributed by atoms with E-state index in [9.17, 15) is 5.11 Å². The fraction of sp³-hybridized carbons (Fsp3) is 0.647. The zero-order valence-corrected chi connectivity index (χ0v) is 14.2. The van der Waals surface area contributed by atoms with Crippen LogP contribution in [0.15, 0.2) is 24.3 Å². The van der Waals surface area contributed by atoms with Crippen LogP contribution in [0.4, 0.5) is 0 Å². The van der Waals surface area contributed by atoms with E-state index in [0.29, 0.717) is 5.02 Å². The summed E-state index contributed by atoms with van der Waals surface area (Å²) in [6, 6.07) is 7.48. The molecule has 0 unspecified atom stereocenters. The molecule has 4 heteroatoms. The number of aliphatic hydroxyl groups excluding tert-OH is 1. The number of nitrogens with zero attached hydrogens (tertiary/aromatic N) is 1. The average molecular weight is 312 g/mol. The van der Waals surface area contributed by atoms with Crippen molar-refractivity contribution in [2.45, 2.75) is 64.1 Å². The van der Waals surface area contributed by atoms with Crippen LogP contribution in [-0.4, -0.2) is 27.9 Å². The smallest absolute Gasteiger partial charge is 0.127 e. The summed E-state index contributed by atoms with van der Waals surface area (Å²) in [6.07, 6.45) is 3.02. The molecule has 0 aliphatic carbocycles. The Morgan fingerprint density at radius 2 is 1.67 bits per heavy atom. The van der Waals surface area contributed by atoms with Crippen LogP contribution in [0, 0.1) is 0 Å². The molecule has 0 aromatic heterocycles. The zero-order chi connectivity index (χ0) is 15.7. The molecule has 1 aromatic rings. The van der Waals surface area contributed by atoms with Crippen LogP contribution in [0.5, 0.6) is 0 Å². The van der Waals surface area contributed by atoms with Crippen molar-refractivity contribution in [2.24, 2.45) is 0 Å².